The normalized spacial score (nSPS) is 17.8. The minimum Gasteiger partial charge on any atom is -0.447 e. The quantitative estimate of drug-likeness (QED) is 0.779. The molecule has 1 fully saturated rings. The molecule has 0 radical (unpaired) electrons. The average molecular weight is 248 g/mol. The van der Waals surface area contributed by atoms with Crippen LogP contribution in [0.2, 0.25) is 0 Å². The third-order valence-electron chi connectivity index (χ3n) is 2.53. The van der Waals surface area contributed by atoms with E-state index in [0.717, 1.165) is 0 Å². The SMILES string of the molecule is CC(=O)c1cccc(NC(=O)C2COC(=O)N2)c1. The second-order valence-electron chi connectivity index (χ2n) is 3.92. The fourth-order valence-corrected chi connectivity index (χ4v) is 1.57. The lowest BCUT2D eigenvalue weighted by Crippen LogP contribution is -2.38. The Kier molecular flexibility index (Phi) is 3.27. The smallest absolute Gasteiger partial charge is 0.407 e. The molecule has 1 heterocycles. The molecule has 2 amide bonds. The lowest BCUT2D eigenvalue weighted by Gasteiger charge is -2.09. The summed E-state index contributed by atoms with van der Waals surface area (Å²) in [7, 11) is 0. The second kappa shape index (κ2) is 4.87. The molecule has 0 bridgehead atoms. The number of hydrogen-bond acceptors (Lipinski definition) is 4. The highest BCUT2D eigenvalue weighted by atomic mass is 16.6. The Bertz CT molecular complexity index is 513. The predicted molar refractivity (Wildman–Crippen MR) is 63.3 cm³/mol. The molecule has 0 spiro atoms. The van der Waals surface area contributed by atoms with Gasteiger partial charge in [0.25, 0.3) is 5.91 Å². The van der Waals surface area contributed by atoms with Gasteiger partial charge in [-0.05, 0) is 19.1 Å². The molecule has 0 aliphatic carbocycles. The van der Waals surface area contributed by atoms with Crippen molar-refractivity contribution in [1.29, 1.82) is 0 Å². The monoisotopic (exact) mass is 248 g/mol. The molecular weight excluding hydrogens is 236 g/mol. The Morgan fingerprint density at radius 2 is 2.22 bits per heavy atom. The van der Waals surface area contributed by atoms with Crippen molar-refractivity contribution in [1.82, 2.24) is 5.32 Å². The molecule has 2 rings (SSSR count). The first-order chi connectivity index (χ1) is 8.56. The van der Waals surface area contributed by atoms with Crippen molar-refractivity contribution in [2.45, 2.75) is 13.0 Å². The van der Waals surface area contributed by atoms with E-state index in [1.54, 1.807) is 24.3 Å². The van der Waals surface area contributed by atoms with E-state index in [9.17, 15) is 14.4 Å². The average Bonchev–Trinajstić information content (AvgIpc) is 2.76. The van der Waals surface area contributed by atoms with Crippen LogP contribution in [0.25, 0.3) is 0 Å². The number of carbonyl (C=O) groups excluding carboxylic acids is 3. The Morgan fingerprint density at radius 3 is 2.83 bits per heavy atom. The molecule has 0 saturated carbocycles. The third-order valence-corrected chi connectivity index (χ3v) is 2.53. The van der Waals surface area contributed by atoms with Gasteiger partial charge in [-0.15, -0.1) is 0 Å². The van der Waals surface area contributed by atoms with Crippen molar-refractivity contribution < 1.29 is 19.1 Å². The maximum atomic E-state index is 11.8. The van der Waals surface area contributed by atoms with Gasteiger partial charge in [-0.1, -0.05) is 12.1 Å². The minimum absolute atomic E-state index is 0.0110. The summed E-state index contributed by atoms with van der Waals surface area (Å²) in [6, 6.07) is 5.90. The molecule has 0 aromatic heterocycles. The second-order valence-corrected chi connectivity index (χ2v) is 3.92. The Morgan fingerprint density at radius 1 is 1.44 bits per heavy atom. The van der Waals surface area contributed by atoms with Gasteiger partial charge < -0.3 is 15.4 Å². The molecular formula is C12H12N2O4. The van der Waals surface area contributed by atoms with Gasteiger partial charge in [0.05, 0.1) is 0 Å². The van der Waals surface area contributed by atoms with Crippen LogP contribution in [0.4, 0.5) is 10.5 Å². The van der Waals surface area contributed by atoms with Crippen LogP contribution in [0.1, 0.15) is 17.3 Å². The summed E-state index contributed by atoms with van der Waals surface area (Å²) < 4.78 is 4.62. The Balaban J connectivity index is 2.05. The number of rotatable bonds is 3. The lowest BCUT2D eigenvalue weighted by atomic mass is 10.1. The topological polar surface area (TPSA) is 84.5 Å². The van der Waals surface area contributed by atoms with Gasteiger partial charge in [0.2, 0.25) is 0 Å². The number of ketones is 1. The van der Waals surface area contributed by atoms with E-state index in [0.29, 0.717) is 11.3 Å². The summed E-state index contributed by atoms with van der Waals surface area (Å²) in [5.41, 5.74) is 1.02. The molecule has 1 atom stereocenters. The van der Waals surface area contributed by atoms with Crippen LogP contribution in [0.15, 0.2) is 24.3 Å². The van der Waals surface area contributed by atoms with Gasteiger partial charge in [-0.25, -0.2) is 4.79 Å². The van der Waals surface area contributed by atoms with E-state index < -0.39 is 12.1 Å². The van der Waals surface area contributed by atoms with Gasteiger partial charge in [0.15, 0.2) is 5.78 Å². The molecule has 2 N–H and O–H groups in total. The number of carbonyl (C=O) groups is 3. The summed E-state index contributed by atoms with van der Waals surface area (Å²) in [5, 5.41) is 4.98. The molecule has 1 aromatic carbocycles. The molecule has 1 saturated heterocycles. The number of Topliss-reactive ketones (excluding diaryl/α,β-unsaturated/α-hetero) is 1. The number of anilines is 1. The van der Waals surface area contributed by atoms with Crippen molar-refractivity contribution >= 4 is 23.5 Å². The van der Waals surface area contributed by atoms with Crippen molar-refractivity contribution in [3.63, 3.8) is 0 Å². The third kappa shape index (κ3) is 2.65. The van der Waals surface area contributed by atoms with Gasteiger partial charge in [-0.3, -0.25) is 9.59 Å². The number of cyclic esters (lactones) is 1. The first kappa shape index (κ1) is 12.1. The summed E-state index contributed by atoms with van der Waals surface area (Å²) in [4.78, 5) is 33.7. The van der Waals surface area contributed by atoms with Crippen LogP contribution in [-0.2, 0) is 9.53 Å². The number of ether oxygens (including phenoxy) is 1. The largest absolute Gasteiger partial charge is 0.447 e. The van der Waals surface area contributed by atoms with Crippen molar-refractivity contribution in [3.05, 3.63) is 29.8 Å². The van der Waals surface area contributed by atoms with Crippen LogP contribution in [-0.4, -0.2) is 30.4 Å². The number of benzene rings is 1. The fourth-order valence-electron chi connectivity index (χ4n) is 1.57. The summed E-state index contributed by atoms with van der Waals surface area (Å²) in [6.45, 7) is 1.46. The Labute approximate surface area is 103 Å². The van der Waals surface area contributed by atoms with E-state index in [-0.39, 0.29) is 18.3 Å². The zero-order valence-electron chi connectivity index (χ0n) is 9.73. The number of alkyl carbamates (subject to hydrolysis) is 1. The van der Waals surface area contributed by atoms with Crippen LogP contribution in [0.3, 0.4) is 0 Å². The lowest BCUT2D eigenvalue weighted by molar-refractivity contribution is -0.117. The van der Waals surface area contributed by atoms with E-state index in [2.05, 4.69) is 15.4 Å². The van der Waals surface area contributed by atoms with E-state index in [1.807, 2.05) is 0 Å². The molecule has 1 aliphatic rings. The van der Waals surface area contributed by atoms with Crippen molar-refractivity contribution in [2.75, 3.05) is 11.9 Å². The number of amides is 2. The molecule has 1 aromatic rings. The maximum Gasteiger partial charge on any atom is 0.407 e. The zero-order valence-corrected chi connectivity index (χ0v) is 9.73. The predicted octanol–water partition coefficient (Wildman–Crippen LogP) is 0.936. The van der Waals surface area contributed by atoms with Gasteiger partial charge >= 0.3 is 6.09 Å². The van der Waals surface area contributed by atoms with Crippen LogP contribution < -0.4 is 10.6 Å². The van der Waals surface area contributed by atoms with Crippen molar-refractivity contribution in [3.8, 4) is 0 Å². The van der Waals surface area contributed by atoms with E-state index in [1.165, 1.54) is 6.92 Å². The first-order valence-corrected chi connectivity index (χ1v) is 5.41. The first-order valence-electron chi connectivity index (χ1n) is 5.41. The van der Waals surface area contributed by atoms with Gasteiger partial charge in [-0.2, -0.15) is 0 Å². The number of nitrogens with one attached hydrogen (secondary N) is 2. The van der Waals surface area contributed by atoms with Gasteiger partial charge in [0.1, 0.15) is 12.6 Å². The Hall–Kier alpha value is -2.37. The molecule has 6 heteroatoms. The van der Waals surface area contributed by atoms with E-state index in [4.69, 9.17) is 0 Å². The maximum absolute atomic E-state index is 11.8. The number of hydrogen-bond donors (Lipinski definition) is 2. The van der Waals surface area contributed by atoms with Crippen LogP contribution in [0.5, 0.6) is 0 Å². The van der Waals surface area contributed by atoms with Crippen LogP contribution in [0, 0.1) is 0 Å². The van der Waals surface area contributed by atoms with Crippen molar-refractivity contribution in [2.24, 2.45) is 0 Å². The summed E-state index contributed by atoms with van der Waals surface area (Å²) in [6.07, 6.45) is -0.604. The van der Waals surface area contributed by atoms with Gasteiger partial charge in [0, 0.05) is 11.3 Å². The highest BCUT2D eigenvalue weighted by molar-refractivity contribution is 5.99. The molecule has 1 unspecified atom stereocenters. The fraction of sp³-hybridized carbons (Fsp3) is 0.250. The highest BCUT2D eigenvalue weighted by Crippen LogP contribution is 2.12. The molecule has 1 aliphatic heterocycles. The zero-order chi connectivity index (χ0) is 13.1. The molecule has 18 heavy (non-hydrogen) atoms. The molecule has 94 valence electrons. The molecule has 6 nitrogen and oxygen atoms in total. The summed E-state index contributed by atoms with van der Waals surface area (Å²) in [5.74, 6) is -0.454. The minimum atomic E-state index is -0.696. The highest BCUT2D eigenvalue weighted by Gasteiger charge is 2.28. The van der Waals surface area contributed by atoms with Crippen LogP contribution >= 0.6 is 0 Å². The van der Waals surface area contributed by atoms with E-state index >= 15 is 0 Å². The summed E-state index contributed by atoms with van der Waals surface area (Å²) >= 11 is 0. The standard InChI is InChI=1S/C12H12N2O4/c1-7(15)8-3-2-4-9(5-8)13-11(16)10-6-18-12(17)14-10/h2-5,10H,6H2,1H3,(H,13,16)(H,14,17).